The number of amides is 1. The number of H-pyrrole nitrogens is 1. The molecule has 0 bridgehead atoms. The van der Waals surface area contributed by atoms with Crippen molar-refractivity contribution in [3.05, 3.63) is 55.2 Å². The lowest BCUT2D eigenvalue weighted by Crippen LogP contribution is -2.43. The molecule has 29 heavy (non-hydrogen) atoms. The largest absolute Gasteiger partial charge is 0.383 e. The zero-order valence-corrected chi connectivity index (χ0v) is 16.8. The Morgan fingerprint density at radius 3 is 2.52 bits per heavy atom. The maximum Gasteiger partial charge on any atom is 0.330 e. The van der Waals surface area contributed by atoms with Gasteiger partial charge in [-0.25, -0.2) is 13.6 Å². The molecule has 0 saturated carbocycles. The first-order chi connectivity index (χ1) is 13.6. The van der Waals surface area contributed by atoms with Gasteiger partial charge in [0.05, 0.1) is 17.2 Å². The summed E-state index contributed by atoms with van der Waals surface area (Å²) in [6.07, 6.45) is 0. The topological polar surface area (TPSA) is 110 Å². The number of ether oxygens (including phenoxy) is 1. The van der Waals surface area contributed by atoms with Crippen LogP contribution in [-0.2, 0) is 11.3 Å². The van der Waals surface area contributed by atoms with Gasteiger partial charge in [-0.3, -0.25) is 24.0 Å². The second-order valence-electron chi connectivity index (χ2n) is 6.69. The van der Waals surface area contributed by atoms with Gasteiger partial charge in [-0.2, -0.15) is 0 Å². The first-order valence-corrected chi connectivity index (χ1v) is 9.04. The summed E-state index contributed by atoms with van der Waals surface area (Å²) in [4.78, 5) is 40.7. The quantitative estimate of drug-likeness (QED) is 0.653. The number of hydrogen-bond acceptors (Lipinski definition) is 5. The van der Waals surface area contributed by atoms with Crippen LogP contribution in [0.15, 0.2) is 21.7 Å². The average molecular weight is 431 g/mol. The Labute approximate surface area is 169 Å². The van der Waals surface area contributed by atoms with E-state index in [9.17, 15) is 23.2 Å². The summed E-state index contributed by atoms with van der Waals surface area (Å²) in [7, 11) is 1.38. The number of benzene rings is 1. The Morgan fingerprint density at radius 2 is 1.93 bits per heavy atom. The summed E-state index contributed by atoms with van der Waals surface area (Å²) >= 11 is 5.91. The van der Waals surface area contributed by atoms with Gasteiger partial charge in [-0.15, -0.1) is 0 Å². The van der Waals surface area contributed by atoms with Gasteiger partial charge in [0.1, 0.15) is 5.82 Å². The second kappa shape index (κ2) is 9.19. The molecule has 1 aromatic heterocycles. The molecular weight excluding hydrogens is 410 g/mol. The number of nitrogens with two attached hydrogens (primary N) is 1. The number of rotatable bonds is 7. The maximum atomic E-state index is 13.7. The minimum atomic E-state index is -1.28. The third-order valence-electron chi connectivity index (χ3n) is 4.04. The molecule has 0 saturated heterocycles. The van der Waals surface area contributed by atoms with Crippen molar-refractivity contribution in [3.8, 4) is 0 Å². The predicted octanol–water partition coefficient (Wildman–Crippen LogP) is 2.00. The lowest BCUT2D eigenvalue weighted by atomic mass is 10.1. The molecule has 11 heteroatoms. The van der Waals surface area contributed by atoms with Gasteiger partial charge < -0.3 is 10.5 Å². The van der Waals surface area contributed by atoms with Crippen LogP contribution in [0, 0.1) is 17.6 Å². The molecule has 3 N–H and O–H groups in total. The van der Waals surface area contributed by atoms with Gasteiger partial charge in [0, 0.05) is 20.2 Å². The Balaban J connectivity index is 2.68. The number of carbonyl (C=O) groups excluding carboxylic acids is 1. The van der Waals surface area contributed by atoms with Gasteiger partial charge in [-0.05, 0) is 18.1 Å². The van der Waals surface area contributed by atoms with E-state index in [0.717, 1.165) is 9.47 Å². The molecule has 0 atom stereocenters. The third kappa shape index (κ3) is 4.83. The zero-order valence-electron chi connectivity index (χ0n) is 16.1. The second-order valence-corrected chi connectivity index (χ2v) is 7.10. The van der Waals surface area contributed by atoms with Crippen molar-refractivity contribution in [1.82, 2.24) is 9.55 Å². The van der Waals surface area contributed by atoms with Crippen molar-refractivity contribution in [3.63, 3.8) is 0 Å². The molecule has 0 spiro atoms. The molecule has 1 amide bonds. The molecule has 8 nitrogen and oxygen atoms in total. The summed E-state index contributed by atoms with van der Waals surface area (Å²) in [5, 5.41) is -0.346. The first-order valence-electron chi connectivity index (χ1n) is 8.66. The first kappa shape index (κ1) is 22.6. The molecule has 0 aliphatic rings. The van der Waals surface area contributed by atoms with E-state index in [2.05, 4.69) is 4.98 Å². The van der Waals surface area contributed by atoms with Gasteiger partial charge in [0.25, 0.3) is 11.5 Å². The van der Waals surface area contributed by atoms with Crippen LogP contribution in [0.2, 0.25) is 5.02 Å². The van der Waals surface area contributed by atoms with Gasteiger partial charge in [0.15, 0.2) is 17.3 Å². The Bertz CT molecular complexity index is 1040. The SMILES string of the molecule is COCCN(C(=O)c1cc(F)c(F)cc1Cl)c1c(N)n(CC(C)C)c(=O)[nH]c1=O. The molecule has 0 radical (unpaired) electrons. The van der Waals surface area contributed by atoms with Gasteiger partial charge in [0.2, 0.25) is 0 Å². The van der Waals surface area contributed by atoms with E-state index in [1.54, 1.807) is 0 Å². The van der Waals surface area contributed by atoms with Crippen LogP contribution in [-0.4, -0.2) is 35.7 Å². The lowest BCUT2D eigenvalue weighted by molar-refractivity contribution is 0.0975. The van der Waals surface area contributed by atoms with Crippen LogP contribution in [0.1, 0.15) is 24.2 Å². The van der Waals surface area contributed by atoms with Crippen molar-refractivity contribution in [2.75, 3.05) is 30.9 Å². The number of hydrogen-bond donors (Lipinski definition) is 2. The highest BCUT2D eigenvalue weighted by Gasteiger charge is 2.27. The number of nitrogens with one attached hydrogen (secondary N) is 1. The Hall–Kier alpha value is -2.72. The number of carbonyl (C=O) groups is 1. The standard InChI is InChI=1S/C18H21ClF2N4O4/c1-9(2)8-25-15(22)14(16(26)23-18(25)28)24(4-5-29-3)17(27)10-6-12(20)13(21)7-11(10)19/h6-7,9H,4-5,8,22H2,1-3H3,(H,23,26,28). The normalized spacial score (nSPS) is 11.1. The highest BCUT2D eigenvalue weighted by molar-refractivity contribution is 6.34. The average Bonchev–Trinajstić information content (AvgIpc) is 2.63. The molecule has 1 aromatic carbocycles. The predicted molar refractivity (Wildman–Crippen MR) is 105 cm³/mol. The van der Waals surface area contributed by atoms with E-state index in [1.807, 2.05) is 13.8 Å². The van der Waals surface area contributed by atoms with E-state index >= 15 is 0 Å². The summed E-state index contributed by atoms with van der Waals surface area (Å²) < 4.78 is 33.2. The van der Waals surface area contributed by atoms with E-state index < -0.39 is 28.8 Å². The highest BCUT2D eigenvalue weighted by Crippen LogP contribution is 2.25. The Morgan fingerprint density at radius 1 is 1.31 bits per heavy atom. The van der Waals surface area contributed by atoms with Crippen LogP contribution in [0.4, 0.5) is 20.3 Å². The number of anilines is 2. The number of aromatic amines is 1. The number of nitrogens with zero attached hydrogens (tertiary/aromatic N) is 2. The van der Waals surface area contributed by atoms with Crippen molar-refractivity contribution in [1.29, 1.82) is 0 Å². The molecule has 0 aliphatic carbocycles. The molecule has 0 aliphatic heterocycles. The molecule has 158 valence electrons. The molecule has 2 aromatic rings. The van der Waals surface area contributed by atoms with E-state index in [4.69, 9.17) is 22.1 Å². The summed E-state index contributed by atoms with van der Waals surface area (Å²) in [5.74, 6) is -3.64. The fourth-order valence-electron chi connectivity index (χ4n) is 2.71. The van der Waals surface area contributed by atoms with E-state index in [0.29, 0.717) is 12.1 Å². The molecule has 0 fully saturated rings. The van der Waals surface area contributed by atoms with Crippen LogP contribution < -0.4 is 21.9 Å². The van der Waals surface area contributed by atoms with E-state index in [1.165, 1.54) is 7.11 Å². The maximum absolute atomic E-state index is 13.7. The fraction of sp³-hybridized carbons (Fsp3) is 0.389. The highest BCUT2D eigenvalue weighted by atomic mass is 35.5. The molecule has 0 unspecified atom stereocenters. The smallest absolute Gasteiger partial charge is 0.330 e. The zero-order chi connectivity index (χ0) is 21.9. The Kier molecular flexibility index (Phi) is 7.15. The van der Waals surface area contributed by atoms with Crippen molar-refractivity contribution in [2.24, 2.45) is 5.92 Å². The minimum Gasteiger partial charge on any atom is -0.383 e. The monoisotopic (exact) mass is 430 g/mol. The molecule has 1 heterocycles. The van der Waals surface area contributed by atoms with E-state index in [-0.39, 0.29) is 47.7 Å². The van der Waals surface area contributed by atoms with Crippen molar-refractivity contribution in [2.45, 2.75) is 20.4 Å². The van der Waals surface area contributed by atoms with Crippen molar-refractivity contribution < 1.29 is 18.3 Å². The number of methoxy groups -OCH3 is 1. The number of halogens is 3. The summed E-state index contributed by atoms with van der Waals surface area (Å²) in [6.45, 7) is 3.71. The van der Waals surface area contributed by atoms with Crippen LogP contribution in [0.5, 0.6) is 0 Å². The lowest BCUT2D eigenvalue weighted by Gasteiger charge is -2.25. The van der Waals surface area contributed by atoms with Crippen LogP contribution >= 0.6 is 11.6 Å². The number of aromatic nitrogens is 2. The number of nitrogen functional groups attached to an aromatic ring is 1. The summed E-state index contributed by atoms with van der Waals surface area (Å²) in [5.41, 5.74) is 3.74. The van der Waals surface area contributed by atoms with Gasteiger partial charge in [-0.1, -0.05) is 25.4 Å². The molecular formula is C18H21ClF2N4O4. The minimum absolute atomic E-state index is 0.00474. The van der Waals surface area contributed by atoms with Gasteiger partial charge >= 0.3 is 5.69 Å². The summed E-state index contributed by atoms with van der Waals surface area (Å²) in [6, 6.07) is 1.29. The van der Waals surface area contributed by atoms with Crippen LogP contribution in [0.25, 0.3) is 0 Å². The van der Waals surface area contributed by atoms with Crippen LogP contribution in [0.3, 0.4) is 0 Å². The molecule has 2 rings (SSSR count). The third-order valence-corrected chi connectivity index (χ3v) is 4.35. The van der Waals surface area contributed by atoms with Crippen molar-refractivity contribution >= 4 is 29.0 Å². The fourth-order valence-corrected chi connectivity index (χ4v) is 2.95.